The number of nitrogens with zero attached hydrogens (tertiary/aromatic N) is 1. The highest BCUT2D eigenvalue weighted by molar-refractivity contribution is 6.30. The molecule has 2 fully saturated rings. The number of unbranched alkanes of at least 4 members (excludes halogenated alkanes) is 1. The van der Waals surface area contributed by atoms with Crippen molar-refractivity contribution in [2.24, 2.45) is 5.92 Å². The highest BCUT2D eigenvalue weighted by Gasteiger charge is 2.55. The molecule has 4 rings (SSSR count). The van der Waals surface area contributed by atoms with Gasteiger partial charge in [-0.15, -0.1) is 0 Å². The number of aromatic hydroxyl groups is 1. The fourth-order valence-corrected chi connectivity index (χ4v) is 4.58. The molecule has 6 heteroatoms. The first-order valence-electron chi connectivity index (χ1n) is 9.46. The van der Waals surface area contributed by atoms with E-state index < -0.39 is 0 Å². The van der Waals surface area contributed by atoms with Gasteiger partial charge in [0.15, 0.2) is 0 Å². The molecule has 0 spiro atoms. The van der Waals surface area contributed by atoms with Crippen molar-refractivity contribution in [2.45, 2.75) is 37.9 Å². The van der Waals surface area contributed by atoms with Crippen molar-refractivity contribution in [3.05, 3.63) is 64.7 Å². The number of amides is 1. The number of carbonyl (C=O) groups is 1. The summed E-state index contributed by atoms with van der Waals surface area (Å²) < 4.78 is 0. The van der Waals surface area contributed by atoms with Crippen molar-refractivity contribution < 1.29 is 9.90 Å². The molecule has 5 nitrogen and oxygen atoms in total. The number of nitrogens with one attached hydrogen (secondary N) is 2. The zero-order valence-electron chi connectivity index (χ0n) is 15.2. The topological polar surface area (TPSA) is 64.6 Å². The highest BCUT2D eigenvalue weighted by Crippen LogP contribution is 2.48. The van der Waals surface area contributed by atoms with E-state index in [1.807, 2.05) is 41.3 Å². The molecule has 0 aromatic heterocycles. The van der Waals surface area contributed by atoms with E-state index in [9.17, 15) is 9.90 Å². The number of rotatable bonds is 5. The van der Waals surface area contributed by atoms with Gasteiger partial charge in [-0.3, -0.25) is 4.79 Å². The first-order valence-corrected chi connectivity index (χ1v) is 9.84. The number of para-hydroxylation sites is 1. The van der Waals surface area contributed by atoms with Crippen LogP contribution in [0.1, 0.15) is 43.0 Å². The standard InChI is InChI=1S/C21H24ClN3O2/c1-2-3-11-25-20(13-7-6-8-14(22)12-13)17-18(23-24-19(17)21(25)27)15-9-4-5-10-16(15)26/h4-10,12,17-20,23-24,26H,2-3,11H2,1H3. The first kappa shape index (κ1) is 18.3. The fourth-order valence-electron chi connectivity index (χ4n) is 4.38. The summed E-state index contributed by atoms with van der Waals surface area (Å²) in [6.07, 6.45) is 1.98. The molecule has 0 bridgehead atoms. The number of benzene rings is 2. The van der Waals surface area contributed by atoms with Gasteiger partial charge in [-0.2, -0.15) is 0 Å². The van der Waals surface area contributed by atoms with Crippen LogP contribution in [0.5, 0.6) is 5.75 Å². The Labute approximate surface area is 164 Å². The smallest absolute Gasteiger partial charge is 0.242 e. The van der Waals surface area contributed by atoms with Crippen molar-refractivity contribution in [1.82, 2.24) is 15.8 Å². The van der Waals surface area contributed by atoms with Gasteiger partial charge in [0.25, 0.3) is 0 Å². The van der Waals surface area contributed by atoms with Crippen LogP contribution in [0.4, 0.5) is 0 Å². The minimum Gasteiger partial charge on any atom is -0.508 e. The Morgan fingerprint density at radius 3 is 2.63 bits per heavy atom. The normalized spacial score (nSPS) is 27.2. The van der Waals surface area contributed by atoms with E-state index in [0.29, 0.717) is 11.6 Å². The Kier molecular flexibility index (Phi) is 5.08. The largest absolute Gasteiger partial charge is 0.508 e. The van der Waals surface area contributed by atoms with E-state index in [-0.39, 0.29) is 35.7 Å². The zero-order chi connectivity index (χ0) is 19.0. The number of carbonyl (C=O) groups excluding carboxylic acids is 1. The minimum absolute atomic E-state index is 0.0406. The number of likely N-dealkylation sites (tertiary alicyclic amines) is 1. The molecule has 0 saturated carbocycles. The number of hydrogen-bond acceptors (Lipinski definition) is 4. The van der Waals surface area contributed by atoms with Gasteiger partial charge in [-0.25, -0.2) is 10.9 Å². The van der Waals surface area contributed by atoms with Crippen LogP contribution in [0.3, 0.4) is 0 Å². The summed E-state index contributed by atoms with van der Waals surface area (Å²) in [6.45, 7) is 2.84. The average molecular weight is 386 g/mol. The lowest BCUT2D eigenvalue weighted by molar-refractivity contribution is -0.130. The average Bonchev–Trinajstić information content (AvgIpc) is 3.20. The molecule has 27 heavy (non-hydrogen) atoms. The molecule has 1 amide bonds. The van der Waals surface area contributed by atoms with Gasteiger partial charge in [0.1, 0.15) is 11.8 Å². The van der Waals surface area contributed by atoms with E-state index in [2.05, 4.69) is 17.8 Å². The maximum absolute atomic E-state index is 13.2. The van der Waals surface area contributed by atoms with Crippen LogP contribution in [0.25, 0.3) is 0 Å². The van der Waals surface area contributed by atoms with Crippen molar-refractivity contribution in [2.75, 3.05) is 6.54 Å². The predicted molar refractivity (Wildman–Crippen MR) is 105 cm³/mol. The molecule has 4 unspecified atom stereocenters. The van der Waals surface area contributed by atoms with E-state index in [0.717, 1.165) is 24.0 Å². The van der Waals surface area contributed by atoms with E-state index in [4.69, 9.17) is 11.6 Å². The molecule has 3 N–H and O–H groups in total. The fraction of sp³-hybridized carbons (Fsp3) is 0.381. The quantitative estimate of drug-likeness (QED) is 0.736. The second kappa shape index (κ2) is 7.50. The predicted octanol–water partition coefficient (Wildman–Crippen LogP) is 3.56. The van der Waals surface area contributed by atoms with Crippen LogP contribution in [-0.4, -0.2) is 28.5 Å². The molecule has 2 aromatic rings. The van der Waals surface area contributed by atoms with Crippen molar-refractivity contribution in [3.63, 3.8) is 0 Å². The Hall–Kier alpha value is -2.08. The van der Waals surface area contributed by atoms with E-state index in [1.54, 1.807) is 12.1 Å². The molecule has 2 aromatic carbocycles. The van der Waals surface area contributed by atoms with Crippen molar-refractivity contribution in [1.29, 1.82) is 0 Å². The molecule has 4 atom stereocenters. The number of phenols is 1. The summed E-state index contributed by atoms with van der Waals surface area (Å²) in [5, 5.41) is 11.0. The van der Waals surface area contributed by atoms with Crippen LogP contribution in [-0.2, 0) is 4.79 Å². The number of halogens is 1. The molecule has 2 aliphatic heterocycles. The molecule has 0 radical (unpaired) electrons. The Bertz CT molecular complexity index is 844. The summed E-state index contributed by atoms with van der Waals surface area (Å²) in [7, 11) is 0. The second-order valence-corrected chi connectivity index (χ2v) is 7.70. The molecule has 2 aliphatic rings. The number of phenolic OH excluding ortho intramolecular Hbond substituents is 1. The summed E-state index contributed by atoms with van der Waals surface area (Å²) in [5.74, 6) is 0.298. The summed E-state index contributed by atoms with van der Waals surface area (Å²) in [5.41, 5.74) is 8.26. The van der Waals surface area contributed by atoms with Crippen LogP contribution in [0, 0.1) is 5.92 Å². The third kappa shape index (κ3) is 3.20. The molecular formula is C21H24ClN3O2. The van der Waals surface area contributed by atoms with Crippen LogP contribution in [0.2, 0.25) is 5.02 Å². The Balaban J connectivity index is 1.77. The lowest BCUT2D eigenvalue weighted by Gasteiger charge is -2.31. The van der Waals surface area contributed by atoms with E-state index >= 15 is 0 Å². The molecule has 0 aliphatic carbocycles. The summed E-state index contributed by atoms with van der Waals surface area (Å²) in [4.78, 5) is 15.1. The number of fused-ring (bicyclic) bond motifs is 1. The summed E-state index contributed by atoms with van der Waals surface area (Å²) >= 11 is 6.26. The lowest BCUT2D eigenvalue weighted by Crippen LogP contribution is -2.41. The Morgan fingerprint density at radius 2 is 1.89 bits per heavy atom. The zero-order valence-corrected chi connectivity index (χ0v) is 16.0. The van der Waals surface area contributed by atoms with Gasteiger partial charge in [0, 0.05) is 23.0 Å². The van der Waals surface area contributed by atoms with Gasteiger partial charge < -0.3 is 10.0 Å². The van der Waals surface area contributed by atoms with Gasteiger partial charge in [-0.1, -0.05) is 55.3 Å². The second-order valence-electron chi connectivity index (χ2n) is 7.27. The van der Waals surface area contributed by atoms with Crippen LogP contribution >= 0.6 is 11.6 Å². The maximum atomic E-state index is 13.2. The SMILES string of the molecule is CCCCN1C(=O)C2NNC(c3ccccc3O)C2C1c1cccc(Cl)c1. The molecule has 2 saturated heterocycles. The third-order valence-corrected chi connectivity index (χ3v) is 5.86. The van der Waals surface area contributed by atoms with E-state index in [1.165, 1.54) is 0 Å². The Morgan fingerprint density at radius 1 is 1.11 bits per heavy atom. The van der Waals surface area contributed by atoms with Gasteiger partial charge in [-0.05, 0) is 30.2 Å². The van der Waals surface area contributed by atoms with Gasteiger partial charge in [0.2, 0.25) is 5.91 Å². The van der Waals surface area contributed by atoms with Crippen molar-refractivity contribution >= 4 is 17.5 Å². The molecular weight excluding hydrogens is 362 g/mol. The van der Waals surface area contributed by atoms with Gasteiger partial charge in [0.05, 0.1) is 12.1 Å². The first-order chi connectivity index (χ1) is 13.1. The van der Waals surface area contributed by atoms with Gasteiger partial charge >= 0.3 is 0 Å². The number of hydrogen-bond donors (Lipinski definition) is 3. The molecule has 142 valence electrons. The molecule has 2 heterocycles. The van der Waals surface area contributed by atoms with Crippen molar-refractivity contribution in [3.8, 4) is 5.75 Å². The monoisotopic (exact) mass is 385 g/mol. The minimum atomic E-state index is -0.324. The summed E-state index contributed by atoms with van der Waals surface area (Å²) in [6, 6.07) is 14.5. The van der Waals surface area contributed by atoms with Crippen LogP contribution in [0.15, 0.2) is 48.5 Å². The number of hydrazine groups is 1. The highest BCUT2D eigenvalue weighted by atomic mass is 35.5. The van der Waals surface area contributed by atoms with Crippen LogP contribution < -0.4 is 10.9 Å². The maximum Gasteiger partial charge on any atom is 0.242 e. The third-order valence-electron chi connectivity index (χ3n) is 5.63. The lowest BCUT2D eigenvalue weighted by atomic mass is 9.83.